The van der Waals surface area contributed by atoms with Gasteiger partial charge in [-0.25, -0.2) is 9.97 Å². The van der Waals surface area contributed by atoms with E-state index in [1.165, 1.54) is 11.3 Å². The Hall–Kier alpha value is -1.20. The van der Waals surface area contributed by atoms with Gasteiger partial charge in [-0.05, 0) is 32.3 Å². The van der Waals surface area contributed by atoms with E-state index in [0.717, 1.165) is 28.9 Å². The summed E-state index contributed by atoms with van der Waals surface area (Å²) in [5.41, 5.74) is 5.93. The third-order valence-electron chi connectivity index (χ3n) is 3.54. The van der Waals surface area contributed by atoms with Crippen LogP contribution in [0.5, 0.6) is 0 Å². The van der Waals surface area contributed by atoms with Gasteiger partial charge >= 0.3 is 0 Å². The van der Waals surface area contributed by atoms with Gasteiger partial charge in [0.25, 0.3) is 0 Å². The third kappa shape index (κ3) is 1.79. The van der Waals surface area contributed by atoms with E-state index < -0.39 is 0 Å². The van der Waals surface area contributed by atoms with E-state index >= 15 is 0 Å². The first-order valence-electron chi connectivity index (χ1n) is 5.92. The Balaban J connectivity index is 1.99. The molecule has 0 aliphatic heterocycles. The smallest absolute Gasteiger partial charge is 0.138 e. The van der Waals surface area contributed by atoms with E-state index in [2.05, 4.69) is 28.3 Å². The first-order chi connectivity index (χ1) is 8.22. The van der Waals surface area contributed by atoms with Gasteiger partial charge < -0.3 is 11.1 Å². The van der Waals surface area contributed by atoms with E-state index in [0.29, 0.717) is 6.54 Å². The van der Waals surface area contributed by atoms with Crippen LogP contribution in [0.4, 0.5) is 5.82 Å². The van der Waals surface area contributed by atoms with Crippen molar-refractivity contribution in [3.63, 3.8) is 0 Å². The number of thiophene rings is 1. The molecule has 4 nitrogen and oxygen atoms in total. The van der Waals surface area contributed by atoms with Gasteiger partial charge in [0.15, 0.2) is 0 Å². The largest absolute Gasteiger partial charge is 0.363 e. The molecule has 2 aromatic heterocycles. The number of rotatable bonds is 3. The van der Waals surface area contributed by atoms with E-state index in [1.807, 2.05) is 0 Å². The SMILES string of the molecule is Cc1cc2c(NC3(CN)CCC3)ncnc2s1. The topological polar surface area (TPSA) is 63.8 Å². The number of aryl methyl sites for hydroxylation is 1. The van der Waals surface area contributed by atoms with Crippen LogP contribution in [0, 0.1) is 6.92 Å². The predicted molar refractivity (Wildman–Crippen MR) is 71.4 cm³/mol. The molecule has 90 valence electrons. The first-order valence-corrected chi connectivity index (χ1v) is 6.73. The highest BCUT2D eigenvalue weighted by molar-refractivity contribution is 7.18. The number of nitrogens with two attached hydrogens (primary N) is 1. The molecule has 2 aromatic rings. The van der Waals surface area contributed by atoms with Crippen LogP contribution in [0.3, 0.4) is 0 Å². The van der Waals surface area contributed by atoms with Crippen molar-refractivity contribution in [1.82, 2.24) is 9.97 Å². The summed E-state index contributed by atoms with van der Waals surface area (Å²) in [6, 6.07) is 2.14. The van der Waals surface area contributed by atoms with Crippen molar-refractivity contribution in [3.05, 3.63) is 17.3 Å². The molecule has 2 heterocycles. The van der Waals surface area contributed by atoms with Crippen LogP contribution in [-0.4, -0.2) is 22.1 Å². The zero-order chi connectivity index (χ0) is 11.9. The van der Waals surface area contributed by atoms with Gasteiger partial charge in [0.2, 0.25) is 0 Å². The lowest BCUT2D eigenvalue weighted by molar-refractivity contribution is 0.287. The number of anilines is 1. The van der Waals surface area contributed by atoms with Crippen molar-refractivity contribution in [2.75, 3.05) is 11.9 Å². The second kappa shape index (κ2) is 3.92. The van der Waals surface area contributed by atoms with Gasteiger partial charge in [0.05, 0.1) is 10.9 Å². The minimum absolute atomic E-state index is 0.0666. The van der Waals surface area contributed by atoms with Crippen LogP contribution in [0.15, 0.2) is 12.4 Å². The monoisotopic (exact) mass is 248 g/mol. The molecule has 3 rings (SSSR count). The molecule has 1 aliphatic rings. The minimum Gasteiger partial charge on any atom is -0.363 e. The van der Waals surface area contributed by atoms with Crippen molar-refractivity contribution in [2.45, 2.75) is 31.7 Å². The molecule has 0 spiro atoms. The van der Waals surface area contributed by atoms with Gasteiger partial charge in [-0.1, -0.05) is 0 Å². The molecule has 0 bridgehead atoms. The molecule has 1 saturated carbocycles. The van der Waals surface area contributed by atoms with Gasteiger partial charge in [-0.15, -0.1) is 11.3 Å². The average Bonchev–Trinajstić information content (AvgIpc) is 2.64. The quantitative estimate of drug-likeness (QED) is 0.874. The van der Waals surface area contributed by atoms with Crippen molar-refractivity contribution in [1.29, 1.82) is 0 Å². The lowest BCUT2D eigenvalue weighted by atomic mass is 9.77. The summed E-state index contributed by atoms with van der Waals surface area (Å²) in [7, 11) is 0. The summed E-state index contributed by atoms with van der Waals surface area (Å²) < 4.78 is 0. The van der Waals surface area contributed by atoms with Crippen molar-refractivity contribution in [2.24, 2.45) is 5.73 Å². The van der Waals surface area contributed by atoms with Crippen molar-refractivity contribution < 1.29 is 0 Å². The minimum atomic E-state index is 0.0666. The highest BCUT2D eigenvalue weighted by Gasteiger charge is 2.36. The molecule has 0 aromatic carbocycles. The average molecular weight is 248 g/mol. The number of nitrogens with one attached hydrogen (secondary N) is 1. The lowest BCUT2D eigenvalue weighted by Crippen LogP contribution is -2.51. The summed E-state index contributed by atoms with van der Waals surface area (Å²) in [6.45, 7) is 2.76. The second-order valence-corrected chi connectivity index (χ2v) is 6.00. The Morgan fingerprint density at radius 1 is 1.47 bits per heavy atom. The first kappa shape index (κ1) is 10.9. The van der Waals surface area contributed by atoms with Gasteiger partial charge in [0.1, 0.15) is 17.0 Å². The Morgan fingerprint density at radius 3 is 2.94 bits per heavy atom. The third-order valence-corrected chi connectivity index (χ3v) is 4.50. The number of aromatic nitrogens is 2. The molecule has 0 atom stereocenters. The molecular formula is C12H16N4S. The summed E-state index contributed by atoms with van der Waals surface area (Å²) in [5.74, 6) is 0.935. The molecule has 1 fully saturated rings. The zero-order valence-corrected chi connectivity index (χ0v) is 10.7. The molecule has 17 heavy (non-hydrogen) atoms. The standard InChI is InChI=1S/C12H16N4S/c1-8-5-9-10(14-7-15-11(9)17-8)16-12(6-13)3-2-4-12/h5,7H,2-4,6,13H2,1H3,(H,14,15,16). The van der Waals surface area contributed by atoms with Crippen LogP contribution in [-0.2, 0) is 0 Å². The Labute approximate surface area is 104 Å². The van der Waals surface area contributed by atoms with E-state index in [1.54, 1.807) is 17.7 Å². The summed E-state index contributed by atoms with van der Waals surface area (Å²) >= 11 is 1.70. The molecule has 1 aliphatic carbocycles. The summed E-state index contributed by atoms with van der Waals surface area (Å²) in [4.78, 5) is 11.0. The maximum Gasteiger partial charge on any atom is 0.138 e. The normalized spacial score (nSPS) is 18.0. The van der Waals surface area contributed by atoms with Crippen LogP contribution < -0.4 is 11.1 Å². The van der Waals surface area contributed by atoms with E-state index in [9.17, 15) is 0 Å². The fourth-order valence-corrected chi connectivity index (χ4v) is 3.16. The summed E-state index contributed by atoms with van der Waals surface area (Å²) in [6.07, 6.45) is 5.15. The van der Waals surface area contributed by atoms with E-state index in [-0.39, 0.29) is 5.54 Å². The molecule has 0 unspecified atom stereocenters. The van der Waals surface area contributed by atoms with Gasteiger partial charge in [-0.2, -0.15) is 0 Å². The Morgan fingerprint density at radius 2 is 2.29 bits per heavy atom. The van der Waals surface area contributed by atoms with Crippen LogP contribution >= 0.6 is 11.3 Å². The molecular weight excluding hydrogens is 232 g/mol. The van der Waals surface area contributed by atoms with Gasteiger partial charge in [-0.3, -0.25) is 0 Å². The predicted octanol–water partition coefficient (Wildman–Crippen LogP) is 2.29. The second-order valence-electron chi connectivity index (χ2n) is 4.76. The number of hydrogen-bond acceptors (Lipinski definition) is 5. The van der Waals surface area contributed by atoms with Crippen molar-refractivity contribution in [3.8, 4) is 0 Å². The maximum absolute atomic E-state index is 5.86. The lowest BCUT2D eigenvalue weighted by Gasteiger charge is -2.42. The van der Waals surface area contributed by atoms with Crippen LogP contribution in [0.25, 0.3) is 10.2 Å². The maximum atomic E-state index is 5.86. The molecule has 0 amide bonds. The Kier molecular flexibility index (Phi) is 2.52. The molecule has 5 heteroatoms. The molecule has 0 radical (unpaired) electrons. The van der Waals surface area contributed by atoms with Gasteiger partial charge in [0, 0.05) is 11.4 Å². The highest BCUT2D eigenvalue weighted by atomic mass is 32.1. The van der Waals surface area contributed by atoms with Crippen molar-refractivity contribution >= 4 is 27.4 Å². The number of nitrogens with zero attached hydrogens (tertiary/aromatic N) is 2. The molecule has 3 N–H and O–H groups in total. The van der Waals surface area contributed by atoms with Crippen LogP contribution in [0.1, 0.15) is 24.1 Å². The zero-order valence-electron chi connectivity index (χ0n) is 9.86. The van der Waals surface area contributed by atoms with E-state index in [4.69, 9.17) is 5.73 Å². The number of hydrogen-bond donors (Lipinski definition) is 2. The summed E-state index contributed by atoms with van der Waals surface area (Å²) in [5, 5.41) is 4.65. The fourth-order valence-electron chi connectivity index (χ4n) is 2.31. The van der Waals surface area contributed by atoms with Crippen LogP contribution in [0.2, 0.25) is 0 Å². The highest BCUT2D eigenvalue weighted by Crippen LogP contribution is 2.36. The number of fused-ring (bicyclic) bond motifs is 1. The fraction of sp³-hybridized carbons (Fsp3) is 0.500. The molecule has 0 saturated heterocycles. The Bertz CT molecular complexity index is 539.